The number of benzene rings is 3. The van der Waals surface area contributed by atoms with Crippen LogP contribution < -0.4 is 35.0 Å². The number of amides is 3. The van der Waals surface area contributed by atoms with E-state index >= 15 is 0 Å². The molecule has 0 fully saturated rings. The van der Waals surface area contributed by atoms with Gasteiger partial charge in [-0.05, 0) is 61.4 Å². The van der Waals surface area contributed by atoms with E-state index in [-0.39, 0.29) is 36.9 Å². The molecule has 1 aliphatic heterocycles. The Bertz CT molecular complexity index is 1620. The summed E-state index contributed by atoms with van der Waals surface area (Å²) in [7, 11) is 2.97. The van der Waals surface area contributed by atoms with Gasteiger partial charge in [0, 0.05) is 16.3 Å². The molecular formula is C32H33ClN4O8. The number of rotatable bonds is 13. The van der Waals surface area contributed by atoms with E-state index in [0.717, 1.165) is 5.56 Å². The van der Waals surface area contributed by atoms with Crippen molar-refractivity contribution in [1.29, 1.82) is 0 Å². The lowest BCUT2D eigenvalue weighted by Crippen LogP contribution is -2.45. The third kappa shape index (κ3) is 8.45. The van der Waals surface area contributed by atoms with Crippen molar-refractivity contribution in [2.45, 2.75) is 26.5 Å². The Morgan fingerprint density at radius 3 is 2.51 bits per heavy atom. The number of methoxy groups -OCH3 is 2. The van der Waals surface area contributed by atoms with E-state index in [1.54, 1.807) is 62.4 Å². The molecule has 1 heterocycles. The summed E-state index contributed by atoms with van der Waals surface area (Å²) in [6, 6.07) is 16.2. The minimum Gasteiger partial charge on any atom is -0.493 e. The highest BCUT2D eigenvalue weighted by molar-refractivity contribution is 6.30. The molecule has 13 heteroatoms. The number of esters is 1. The fraction of sp³-hybridized carbons (Fsp3) is 0.250. The first-order chi connectivity index (χ1) is 21.7. The lowest BCUT2D eigenvalue weighted by molar-refractivity contribution is -0.139. The van der Waals surface area contributed by atoms with Crippen LogP contribution in [-0.4, -0.2) is 51.6 Å². The van der Waals surface area contributed by atoms with Gasteiger partial charge in [-0.15, -0.1) is 0 Å². The molecular weight excluding hydrogens is 604 g/mol. The van der Waals surface area contributed by atoms with E-state index in [0.29, 0.717) is 33.3 Å². The third-order valence-corrected chi connectivity index (χ3v) is 6.77. The van der Waals surface area contributed by atoms with Crippen molar-refractivity contribution in [1.82, 2.24) is 16.1 Å². The maximum Gasteiger partial charge on any atom is 0.338 e. The zero-order valence-corrected chi connectivity index (χ0v) is 25.9. The molecule has 0 aromatic heterocycles. The van der Waals surface area contributed by atoms with Crippen molar-refractivity contribution in [3.8, 4) is 23.0 Å². The smallest absolute Gasteiger partial charge is 0.338 e. The summed E-state index contributed by atoms with van der Waals surface area (Å²) in [6.45, 7) is 3.37. The number of halogens is 1. The van der Waals surface area contributed by atoms with Crippen molar-refractivity contribution >= 4 is 35.7 Å². The maximum absolute atomic E-state index is 12.6. The molecule has 3 aromatic carbocycles. The summed E-state index contributed by atoms with van der Waals surface area (Å²) < 4.78 is 27.8. The molecule has 1 atom stereocenters. The van der Waals surface area contributed by atoms with Gasteiger partial charge in [-0.25, -0.2) is 15.0 Å². The van der Waals surface area contributed by atoms with Gasteiger partial charge in [-0.3, -0.25) is 4.79 Å². The van der Waals surface area contributed by atoms with Crippen molar-refractivity contribution < 1.29 is 38.1 Å². The predicted molar refractivity (Wildman–Crippen MR) is 167 cm³/mol. The molecule has 3 amide bonds. The van der Waals surface area contributed by atoms with E-state index in [9.17, 15) is 14.4 Å². The minimum atomic E-state index is -0.783. The van der Waals surface area contributed by atoms with E-state index in [4.69, 9.17) is 35.3 Å². The fourth-order valence-corrected chi connectivity index (χ4v) is 4.70. The second-order valence-corrected chi connectivity index (χ2v) is 10.0. The summed E-state index contributed by atoms with van der Waals surface area (Å²) in [6.07, 6.45) is 1.44. The van der Waals surface area contributed by atoms with Crippen LogP contribution in [0.15, 0.2) is 77.0 Å². The van der Waals surface area contributed by atoms with Crippen LogP contribution in [0.25, 0.3) is 0 Å². The Balaban J connectivity index is 1.41. The number of allylic oxidation sites excluding steroid dienone is 1. The summed E-state index contributed by atoms with van der Waals surface area (Å²) in [5, 5.41) is 9.97. The molecule has 236 valence electrons. The second-order valence-electron chi connectivity index (χ2n) is 9.58. The highest BCUT2D eigenvalue weighted by Gasteiger charge is 2.32. The Morgan fingerprint density at radius 2 is 1.78 bits per heavy atom. The average Bonchev–Trinajstić information content (AvgIpc) is 3.02. The maximum atomic E-state index is 12.6. The van der Waals surface area contributed by atoms with Crippen LogP contribution in [0.1, 0.15) is 36.6 Å². The number of hydrazone groups is 1. The molecule has 0 spiro atoms. The van der Waals surface area contributed by atoms with Crippen LogP contribution in [0, 0.1) is 0 Å². The van der Waals surface area contributed by atoms with Crippen molar-refractivity contribution in [3.63, 3.8) is 0 Å². The van der Waals surface area contributed by atoms with Gasteiger partial charge in [0.15, 0.2) is 29.6 Å². The van der Waals surface area contributed by atoms with Crippen LogP contribution in [0.3, 0.4) is 0 Å². The zero-order valence-electron chi connectivity index (χ0n) is 25.1. The molecule has 0 unspecified atom stereocenters. The molecule has 3 N–H and O–H groups in total. The van der Waals surface area contributed by atoms with Crippen LogP contribution in [-0.2, 0) is 20.9 Å². The minimum absolute atomic E-state index is 0.178. The molecule has 0 radical (unpaired) electrons. The van der Waals surface area contributed by atoms with Crippen LogP contribution >= 0.6 is 11.6 Å². The SMILES string of the molecule is CCOC(=O)C1=C(C)NC(=O)N[C@@H]1c1ccc(OCC(=O)N/N=C/c2cccc(OC)c2OCc2cccc(Cl)c2)c(OC)c1. The van der Waals surface area contributed by atoms with Crippen molar-refractivity contribution in [3.05, 3.63) is 93.6 Å². The number of nitrogens with zero attached hydrogens (tertiary/aromatic N) is 1. The Kier molecular flexibility index (Phi) is 11.2. The Labute approximate surface area is 265 Å². The Hall–Kier alpha value is -5.23. The van der Waals surface area contributed by atoms with E-state index < -0.39 is 23.9 Å². The van der Waals surface area contributed by atoms with E-state index in [1.165, 1.54) is 20.4 Å². The van der Waals surface area contributed by atoms with Crippen molar-refractivity contribution in [2.24, 2.45) is 5.10 Å². The number of para-hydroxylation sites is 1. The fourth-order valence-electron chi connectivity index (χ4n) is 4.49. The number of hydrogen-bond acceptors (Lipinski definition) is 9. The molecule has 12 nitrogen and oxygen atoms in total. The highest BCUT2D eigenvalue weighted by Crippen LogP contribution is 2.35. The first kappa shape index (κ1) is 32.7. The van der Waals surface area contributed by atoms with Crippen LogP contribution in [0.2, 0.25) is 5.02 Å². The van der Waals surface area contributed by atoms with Crippen LogP contribution in [0.5, 0.6) is 23.0 Å². The molecule has 0 saturated heterocycles. The number of hydrogen-bond donors (Lipinski definition) is 3. The van der Waals surface area contributed by atoms with Crippen LogP contribution in [0.4, 0.5) is 4.79 Å². The Morgan fingerprint density at radius 1 is 1.00 bits per heavy atom. The number of nitrogens with one attached hydrogen (secondary N) is 3. The van der Waals surface area contributed by atoms with Gasteiger partial charge in [0.1, 0.15) is 6.61 Å². The van der Waals surface area contributed by atoms with Gasteiger partial charge in [-0.1, -0.05) is 35.9 Å². The third-order valence-electron chi connectivity index (χ3n) is 6.54. The normalized spacial score (nSPS) is 14.3. The zero-order chi connectivity index (χ0) is 32.3. The molecule has 45 heavy (non-hydrogen) atoms. The van der Waals surface area contributed by atoms with Gasteiger partial charge >= 0.3 is 12.0 Å². The molecule has 4 rings (SSSR count). The summed E-state index contributed by atoms with van der Waals surface area (Å²) in [5.41, 5.74) is 5.07. The number of urea groups is 1. The molecule has 0 bridgehead atoms. The number of ether oxygens (including phenoxy) is 5. The first-order valence-electron chi connectivity index (χ1n) is 13.9. The number of carbonyl (C=O) groups excluding carboxylic acids is 3. The quantitative estimate of drug-likeness (QED) is 0.140. The van der Waals surface area contributed by atoms with Gasteiger partial charge < -0.3 is 34.3 Å². The average molecular weight is 637 g/mol. The van der Waals surface area contributed by atoms with E-state index in [2.05, 4.69) is 21.2 Å². The lowest BCUT2D eigenvalue weighted by Gasteiger charge is -2.28. The second kappa shape index (κ2) is 15.5. The lowest BCUT2D eigenvalue weighted by atomic mass is 9.95. The monoisotopic (exact) mass is 636 g/mol. The highest BCUT2D eigenvalue weighted by atomic mass is 35.5. The van der Waals surface area contributed by atoms with Gasteiger partial charge in [0.2, 0.25) is 0 Å². The van der Waals surface area contributed by atoms with Gasteiger partial charge in [0.25, 0.3) is 5.91 Å². The van der Waals surface area contributed by atoms with Gasteiger partial charge in [0.05, 0.1) is 38.7 Å². The summed E-state index contributed by atoms with van der Waals surface area (Å²) >= 11 is 6.08. The predicted octanol–water partition coefficient (Wildman–Crippen LogP) is 4.66. The first-order valence-corrected chi connectivity index (χ1v) is 14.2. The number of carbonyl (C=O) groups is 3. The molecule has 0 saturated carbocycles. The van der Waals surface area contributed by atoms with Crippen molar-refractivity contribution in [2.75, 3.05) is 27.4 Å². The molecule has 3 aromatic rings. The van der Waals surface area contributed by atoms with E-state index in [1.807, 2.05) is 12.1 Å². The topological polar surface area (TPSA) is 146 Å². The molecule has 1 aliphatic rings. The standard InChI is InChI=1S/C32H33ClN4O8/c1-5-43-31(39)28-19(2)35-32(40)36-29(28)21-12-13-24(26(15-21)42-4)44-18-27(38)37-34-16-22-9-7-11-25(41-3)30(22)45-17-20-8-6-10-23(33)14-20/h6-16,29H,5,17-18H2,1-4H3,(H,37,38)(H2,35,36,40)/b34-16+/t29-/m1/s1. The largest absolute Gasteiger partial charge is 0.493 e. The van der Waals surface area contributed by atoms with Gasteiger partial charge in [-0.2, -0.15) is 5.10 Å². The summed E-state index contributed by atoms with van der Waals surface area (Å²) in [4.78, 5) is 37.4. The summed E-state index contributed by atoms with van der Waals surface area (Å²) in [5.74, 6) is 0.405. The molecule has 0 aliphatic carbocycles.